The van der Waals surface area contributed by atoms with E-state index in [1.54, 1.807) is 37.3 Å². The average molecular weight is 455 g/mol. The summed E-state index contributed by atoms with van der Waals surface area (Å²) in [5.74, 6) is 0.796. The summed E-state index contributed by atoms with van der Waals surface area (Å²) in [6, 6.07) is 13.3. The number of anilines is 1. The Kier molecular flexibility index (Phi) is 6.29. The lowest BCUT2D eigenvalue weighted by atomic mass is 10.0. The molecule has 1 fully saturated rings. The van der Waals surface area contributed by atoms with Gasteiger partial charge in [0.05, 0.1) is 19.1 Å². The second-order valence-corrected chi connectivity index (χ2v) is 8.84. The van der Waals surface area contributed by atoms with Gasteiger partial charge in [-0.2, -0.15) is 0 Å². The molecule has 0 aromatic heterocycles. The van der Waals surface area contributed by atoms with Crippen LogP contribution in [0.15, 0.2) is 47.4 Å². The van der Waals surface area contributed by atoms with Crippen LogP contribution in [-0.4, -0.2) is 48.3 Å². The Morgan fingerprint density at radius 3 is 2.71 bits per heavy atom. The second kappa shape index (κ2) is 9.11. The standard InChI is InChI=1S/C23H22N2O4S2/c1-28-18-10-9-15(12-19(18)29-2)13-20-22(27)25(23(30)31-20)14-21(26)24-11-5-7-16-6-3-4-8-17(16)24/h3-4,6,8-10,12-13H,5,7,11,14H2,1-2H3/b20-13-. The van der Waals surface area contributed by atoms with Gasteiger partial charge in [-0.15, -0.1) is 0 Å². The van der Waals surface area contributed by atoms with Crippen LogP contribution in [0, 0.1) is 0 Å². The van der Waals surface area contributed by atoms with Crippen molar-refractivity contribution in [2.24, 2.45) is 0 Å². The minimum absolute atomic E-state index is 0.0672. The van der Waals surface area contributed by atoms with Crippen molar-refractivity contribution in [1.29, 1.82) is 0 Å². The number of carbonyl (C=O) groups is 2. The lowest BCUT2D eigenvalue weighted by Gasteiger charge is -2.30. The molecule has 31 heavy (non-hydrogen) atoms. The highest BCUT2D eigenvalue weighted by molar-refractivity contribution is 8.26. The van der Waals surface area contributed by atoms with Crippen LogP contribution in [0.5, 0.6) is 11.5 Å². The summed E-state index contributed by atoms with van der Waals surface area (Å²) < 4.78 is 11.0. The summed E-state index contributed by atoms with van der Waals surface area (Å²) in [4.78, 5) is 29.6. The van der Waals surface area contributed by atoms with Gasteiger partial charge < -0.3 is 14.4 Å². The van der Waals surface area contributed by atoms with Gasteiger partial charge in [0.1, 0.15) is 10.9 Å². The van der Waals surface area contributed by atoms with E-state index in [0.717, 1.165) is 29.7 Å². The maximum atomic E-state index is 13.0. The highest BCUT2D eigenvalue weighted by Gasteiger charge is 2.35. The summed E-state index contributed by atoms with van der Waals surface area (Å²) in [7, 11) is 3.13. The van der Waals surface area contributed by atoms with Crippen molar-refractivity contribution in [3.8, 4) is 11.5 Å². The largest absolute Gasteiger partial charge is 0.493 e. The van der Waals surface area contributed by atoms with E-state index < -0.39 is 0 Å². The van der Waals surface area contributed by atoms with Crippen LogP contribution in [0.25, 0.3) is 6.08 Å². The third-order valence-corrected chi connectivity index (χ3v) is 6.66. The maximum absolute atomic E-state index is 13.0. The van der Waals surface area contributed by atoms with Crippen LogP contribution in [-0.2, 0) is 16.0 Å². The lowest BCUT2D eigenvalue weighted by Crippen LogP contribution is -2.44. The number of amides is 2. The summed E-state index contributed by atoms with van der Waals surface area (Å²) in [6.07, 6.45) is 3.61. The number of rotatable bonds is 5. The third-order valence-electron chi connectivity index (χ3n) is 5.28. The van der Waals surface area contributed by atoms with E-state index in [2.05, 4.69) is 0 Å². The molecule has 0 aliphatic carbocycles. The Hall–Kier alpha value is -2.84. The number of aryl methyl sites for hydroxylation is 1. The summed E-state index contributed by atoms with van der Waals surface area (Å²) in [6.45, 7) is 0.578. The van der Waals surface area contributed by atoms with Gasteiger partial charge in [-0.1, -0.05) is 48.2 Å². The van der Waals surface area contributed by atoms with E-state index in [1.807, 2.05) is 30.3 Å². The third kappa shape index (κ3) is 4.31. The fourth-order valence-corrected chi connectivity index (χ4v) is 5.00. The number of nitrogens with zero attached hydrogens (tertiary/aromatic N) is 2. The predicted molar refractivity (Wildman–Crippen MR) is 127 cm³/mol. The molecule has 0 unspecified atom stereocenters. The first-order chi connectivity index (χ1) is 15.0. The van der Waals surface area contributed by atoms with Crippen molar-refractivity contribution in [1.82, 2.24) is 4.90 Å². The number of para-hydroxylation sites is 1. The van der Waals surface area contributed by atoms with Crippen LogP contribution in [0.1, 0.15) is 17.5 Å². The number of thiocarbonyl (C=S) groups is 1. The monoisotopic (exact) mass is 454 g/mol. The van der Waals surface area contributed by atoms with Crippen LogP contribution >= 0.6 is 24.0 Å². The van der Waals surface area contributed by atoms with E-state index in [0.29, 0.717) is 27.3 Å². The molecule has 4 rings (SSSR count). The van der Waals surface area contributed by atoms with E-state index >= 15 is 0 Å². The van der Waals surface area contributed by atoms with Crippen LogP contribution in [0.4, 0.5) is 5.69 Å². The molecule has 6 nitrogen and oxygen atoms in total. The Bertz CT molecular complexity index is 1080. The van der Waals surface area contributed by atoms with Gasteiger partial charge in [-0.3, -0.25) is 14.5 Å². The van der Waals surface area contributed by atoms with E-state index in [4.69, 9.17) is 21.7 Å². The van der Waals surface area contributed by atoms with E-state index in [1.165, 1.54) is 16.7 Å². The van der Waals surface area contributed by atoms with Crippen LogP contribution in [0.2, 0.25) is 0 Å². The first-order valence-corrected chi connectivity index (χ1v) is 11.1. The number of carbonyl (C=O) groups excluding carboxylic acids is 2. The Balaban J connectivity index is 1.52. The molecular formula is C23H22N2O4S2. The second-order valence-electron chi connectivity index (χ2n) is 7.16. The molecule has 0 N–H and O–H groups in total. The molecule has 2 aromatic rings. The van der Waals surface area contributed by atoms with Crippen molar-refractivity contribution < 1.29 is 19.1 Å². The molecule has 2 aromatic carbocycles. The zero-order valence-corrected chi connectivity index (χ0v) is 18.9. The SMILES string of the molecule is COc1ccc(/C=C2\SC(=S)N(CC(=O)N3CCCc4ccccc43)C2=O)cc1OC. The topological polar surface area (TPSA) is 59.1 Å². The molecule has 0 bridgehead atoms. The Morgan fingerprint density at radius 2 is 1.94 bits per heavy atom. The van der Waals surface area contributed by atoms with Gasteiger partial charge in [-0.05, 0) is 48.2 Å². The molecule has 2 amide bonds. The molecule has 2 aliphatic rings. The number of ether oxygens (including phenoxy) is 2. The van der Waals surface area contributed by atoms with Crippen LogP contribution in [0.3, 0.4) is 0 Å². The van der Waals surface area contributed by atoms with Crippen molar-refractivity contribution in [2.45, 2.75) is 12.8 Å². The number of methoxy groups -OCH3 is 2. The van der Waals surface area contributed by atoms with Gasteiger partial charge in [0.25, 0.3) is 5.91 Å². The van der Waals surface area contributed by atoms with Crippen molar-refractivity contribution in [3.05, 3.63) is 58.5 Å². The first-order valence-electron chi connectivity index (χ1n) is 9.87. The minimum atomic E-state index is -0.261. The first kappa shape index (κ1) is 21.4. The maximum Gasteiger partial charge on any atom is 0.266 e. The van der Waals surface area contributed by atoms with Crippen LogP contribution < -0.4 is 14.4 Å². The molecule has 0 radical (unpaired) electrons. The average Bonchev–Trinajstić information content (AvgIpc) is 3.05. The molecule has 8 heteroatoms. The molecule has 2 aliphatic heterocycles. The fraction of sp³-hybridized carbons (Fsp3) is 0.261. The molecule has 0 spiro atoms. The minimum Gasteiger partial charge on any atom is -0.493 e. The normalized spacial score (nSPS) is 17.2. The highest BCUT2D eigenvalue weighted by atomic mass is 32.2. The number of fused-ring (bicyclic) bond motifs is 1. The number of hydrogen-bond donors (Lipinski definition) is 0. The molecule has 0 atom stereocenters. The summed E-state index contributed by atoms with van der Waals surface area (Å²) in [5, 5.41) is 0. The summed E-state index contributed by atoms with van der Waals surface area (Å²) in [5.41, 5.74) is 2.86. The fourth-order valence-electron chi connectivity index (χ4n) is 3.74. The smallest absolute Gasteiger partial charge is 0.266 e. The van der Waals surface area contributed by atoms with E-state index in [9.17, 15) is 9.59 Å². The Labute approximate surface area is 190 Å². The van der Waals surface area contributed by atoms with Gasteiger partial charge >= 0.3 is 0 Å². The molecule has 1 saturated heterocycles. The number of benzene rings is 2. The zero-order valence-electron chi connectivity index (χ0n) is 17.3. The van der Waals surface area contributed by atoms with E-state index in [-0.39, 0.29) is 18.4 Å². The molecule has 2 heterocycles. The molecule has 0 saturated carbocycles. The van der Waals surface area contributed by atoms with Gasteiger partial charge in [0.2, 0.25) is 5.91 Å². The number of hydrogen-bond acceptors (Lipinski definition) is 6. The van der Waals surface area contributed by atoms with Crippen molar-refractivity contribution in [3.63, 3.8) is 0 Å². The molecule has 160 valence electrons. The highest BCUT2D eigenvalue weighted by Crippen LogP contribution is 2.35. The van der Waals surface area contributed by atoms with Crippen molar-refractivity contribution >= 4 is 51.9 Å². The predicted octanol–water partition coefficient (Wildman–Crippen LogP) is 3.88. The quantitative estimate of drug-likeness (QED) is 0.505. The zero-order chi connectivity index (χ0) is 22.0. The summed E-state index contributed by atoms with van der Waals surface area (Å²) >= 11 is 6.61. The Morgan fingerprint density at radius 1 is 1.16 bits per heavy atom. The van der Waals surface area contributed by atoms with Gasteiger partial charge in [0.15, 0.2) is 11.5 Å². The van der Waals surface area contributed by atoms with Crippen molar-refractivity contribution in [2.75, 3.05) is 32.2 Å². The number of thioether (sulfide) groups is 1. The van der Waals surface area contributed by atoms with Gasteiger partial charge in [0, 0.05) is 12.2 Å². The van der Waals surface area contributed by atoms with Gasteiger partial charge in [-0.25, -0.2) is 0 Å². The lowest BCUT2D eigenvalue weighted by molar-refractivity contribution is -0.127. The molecular weight excluding hydrogens is 432 g/mol.